The molecule has 144 valence electrons. The molecule has 0 spiro atoms. The van der Waals surface area contributed by atoms with Crippen molar-refractivity contribution < 1.29 is 19.2 Å². The summed E-state index contributed by atoms with van der Waals surface area (Å²) in [6.45, 7) is -0.133. The molecule has 4 amide bonds. The third-order valence-electron chi connectivity index (χ3n) is 4.28. The van der Waals surface area contributed by atoms with E-state index in [4.69, 9.17) is 11.6 Å². The number of nitrogens with one attached hydrogen (secondary N) is 1. The number of hydrogen-bond acceptors (Lipinski definition) is 4. The van der Waals surface area contributed by atoms with Crippen LogP contribution < -0.4 is 10.2 Å². The van der Waals surface area contributed by atoms with Crippen molar-refractivity contribution in [3.8, 4) is 0 Å². The summed E-state index contributed by atoms with van der Waals surface area (Å²) in [6, 6.07) is 12.8. The maximum absolute atomic E-state index is 12.5. The molecule has 0 bridgehead atoms. The van der Waals surface area contributed by atoms with E-state index in [2.05, 4.69) is 5.32 Å². The summed E-state index contributed by atoms with van der Waals surface area (Å²) >= 11 is 5.80. The Bertz CT molecular complexity index is 909. The number of benzene rings is 2. The Hall–Kier alpha value is -3.19. The van der Waals surface area contributed by atoms with Crippen LogP contribution in [0.5, 0.6) is 0 Å². The Kier molecular flexibility index (Phi) is 5.75. The molecule has 8 heteroatoms. The summed E-state index contributed by atoms with van der Waals surface area (Å²) in [6.07, 6.45) is 0.399. The zero-order chi connectivity index (χ0) is 20.3. The second kappa shape index (κ2) is 8.22. The molecular formula is C20H18ClN3O4. The molecule has 0 aromatic heterocycles. The van der Waals surface area contributed by atoms with Crippen molar-refractivity contribution >= 4 is 46.6 Å². The van der Waals surface area contributed by atoms with Crippen LogP contribution in [0.25, 0.3) is 0 Å². The molecule has 28 heavy (non-hydrogen) atoms. The highest BCUT2D eigenvalue weighted by molar-refractivity contribution is 6.30. The average molecular weight is 400 g/mol. The van der Waals surface area contributed by atoms with E-state index < -0.39 is 0 Å². The van der Waals surface area contributed by atoms with Gasteiger partial charge in [0, 0.05) is 36.2 Å². The van der Waals surface area contributed by atoms with E-state index in [1.165, 1.54) is 24.1 Å². The Balaban J connectivity index is 1.61. The summed E-state index contributed by atoms with van der Waals surface area (Å²) < 4.78 is 0. The topological polar surface area (TPSA) is 86.8 Å². The summed E-state index contributed by atoms with van der Waals surface area (Å²) in [4.78, 5) is 50.6. The Morgan fingerprint density at radius 1 is 1.00 bits per heavy atom. The Morgan fingerprint density at radius 3 is 2.14 bits per heavy atom. The van der Waals surface area contributed by atoms with Crippen LogP contribution in [-0.4, -0.2) is 42.1 Å². The van der Waals surface area contributed by atoms with Crippen molar-refractivity contribution in [3.05, 3.63) is 59.1 Å². The minimum atomic E-state index is -0.350. The first-order chi connectivity index (χ1) is 13.3. The van der Waals surface area contributed by atoms with E-state index in [1.54, 1.807) is 36.4 Å². The largest absolute Gasteiger partial charge is 0.332 e. The summed E-state index contributed by atoms with van der Waals surface area (Å²) in [5.41, 5.74) is 1.37. The minimum Gasteiger partial charge on any atom is -0.332 e. The zero-order valence-corrected chi connectivity index (χ0v) is 15.9. The van der Waals surface area contributed by atoms with Gasteiger partial charge in [0.2, 0.25) is 17.7 Å². The molecule has 0 radical (unpaired) electrons. The number of carbonyl (C=O) groups excluding carboxylic acids is 4. The molecule has 0 aliphatic carbocycles. The maximum Gasteiger partial charge on any atom is 0.254 e. The van der Waals surface area contributed by atoms with Crippen LogP contribution in [0.3, 0.4) is 0 Å². The maximum atomic E-state index is 12.5. The lowest BCUT2D eigenvalue weighted by molar-refractivity contribution is -0.121. The molecule has 7 nitrogen and oxygen atoms in total. The first-order valence-electron chi connectivity index (χ1n) is 8.62. The second-order valence-electron chi connectivity index (χ2n) is 6.39. The van der Waals surface area contributed by atoms with E-state index in [1.807, 2.05) is 0 Å². The van der Waals surface area contributed by atoms with Gasteiger partial charge in [-0.25, -0.2) is 0 Å². The van der Waals surface area contributed by atoms with Crippen molar-refractivity contribution in [1.82, 2.24) is 4.90 Å². The van der Waals surface area contributed by atoms with E-state index >= 15 is 0 Å². The third kappa shape index (κ3) is 4.37. The highest BCUT2D eigenvalue weighted by Gasteiger charge is 2.30. The summed E-state index contributed by atoms with van der Waals surface area (Å²) in [5, 5.41) is 3.25. The van der Waals surface area contributed by atoms with Gasteiger partial charge in [0.15, 0.2) is 0 Å². The van der Waals surface area contributed by atoms with Gasteiger partial charge >= 0.3 is 0 Å². The van der Waals surface area contributed by atoms with Crippen molar-refractivity contribution in [2.45, 2.75) is 12.8 Å². The molecule has 1 saturated heterocycles. The molecule has 1 N–H and O–H groups in total. The molecule has 0 saturated carbocycles. The molecule has 1 aliphatic rings. The van der Waals surface area contributed by atoms with E-state index in [9.17, 15) is 19.2 Å². The molecule has 0 unspecified atom stereocenters. The minimum absolute atomic E-state index is 0.133. The van der Waals surface area contributed by atoms with E-state index in [0.717, 1.165) is 4.90 Å². The number of nitrogens with zero attached hydrogens (tertiary/aromatic N) is 2. The van der Waals surface area contributed by atoms with Crippen molar-refractivity contribution in [1.29, 1.82) is 0 Å². The molecule has 1 aliphatic heterocycles. The van der Waals surface area contributed by atoms with Gasteiger partial charge in [-0.2, -0.15) is 0 Å². The molecule has 2 aromatic carbocycles. The van der Waals surface area contributed by atoms with Gasteiger partial charge in [0.05, 0.1) is 12.2 Å². The third-order valence-corrected chi connectivity index (χ3v) is 4.53. The van der Waals surface area contributed by atoms with Gasteiger partial charge in [-0.05, 0) is 48.5 Å². The fourth-order valence-electron chi connectivity index (χ4n) is 2.86. The van der Waals surface area contributed by atoms with Crippen LogP contribution in [0.2, 0.25) is 5.02 Å². The van der Waals surface area contributed by atoms with Gasteiger partial charge in [-0.1, -0.05) is 11.6 Å². The van der Waals surface area contributed by atoms with Crippen LogP contribution in [-0.2, 0) is 14.4 Å². The second-order valence-corrected chi connectivity index (χ2v) is 6.82. The average Bonchev–Trinajstić information content (AvgIpc) is 3.01. The number of imide groups is 1. The standard InChI is InChI=1S/C20H18ClN3O4/c1-23(12-17(25)22-15-6-4-14(21)5-7-15)20(28)13-2-8-16(9-3-13)24-18(26)10-11-19(24)27/h2-9H,10-12H2,1H3,(H,22,25). The fourth-order valence-corrected chi connectivity index (χ4v) is 2.98. The van der Waals surface area contributed by atoms with Crippen molar-refractivity contribution in [2.75, 3.05) is 23.8 Å². The Morgan fingerprint density at radius 2 is 1.57 bits per heavy atom. The van der Waals surface area contributed by atoms with Crippen LogP contribution >= 0.6 is 11.6 Å². The number of halogens is 1. The number of anilines is 2. The van der Waals surface area contributed by atoms with Crippen molar-refractivity contribution in [3.63, 3.8) is 0 Å². The monoisotopic (exact) mass is 399 g/mol. The fraction of sp³-hybridized carbons (Fsp3) is 0.200. The number of carbonyl (C=O) groups is 4. The van der Waals surface area contributed by atoms with E-state index in [-0.39, 0.29) is 43.0 Å². The van der Waals surface area contributed by atoms with Gasteiger partial charge in [0.1, 0.15) is 0 Å². The first kappa shape index (κ1) is 19.6. The zero-order valence-electron chi connectivity index (χ0n) is 15.1. The number of amides is 4. The highest BCUT2D eigenvalue weighted by atomic mass is 35.5. The van der Waals surface area contributed by atoms with Crippen LogP contribution in [0, 0.1) is 0 Å². The Labute approximate surface area is 166 Å². The molecule has 1 fully saturated rings. The van der Waals surface area contributed by atoms with Crippen LogP contribution in [0.1, 0.15) is 23.2 Å². The summed E-state index contributed by atoms with van der Waals surface area (Å²) in [7, 11) is 1.52. The molecule has 0 atom stereocenters. The quantitative estimate of drug-likeness (QED) is 0.783. The number of hydrogen-bond donors (Lipinski definition) is 1. The normalized spacial score (nSPS) is 13.6. The summed E-state index contributed by atoms with van der Waals surface area (Å²) in [5.74, 6) is -1.19. The molecule has 3 rings (SSSR count). The highest BCUT2D eigenvalue weighted by Crippen LogP contribution is 2.23. The van der Waals surface area contributed by atoms with Gasteiger partial charge in [-0.15, -0.1) is 0 Å². The predicted octanol–water partition coefficient (Wildman–Crippen LogP) is 2.70. The van der Waals surface area contributed by atoms with Crippen LogP contribution in [0.4, 0.5) is 11.4 Å². The predicted molar refractivity (Wildman–Crippen MR) is 105 cm³/mol. The van der Waals surface area contributed by atoms with Gasteiger partial charge < -0.3 is 10.2 Å². The van der Waals surface area contributed by atoms with E-state index in [0.29, 0.717) is 22.0 Å². The lowest BCUT2D eigenvalue weighted by atomic mass is 10.1. The van der Waals surface area contributed by atoms with Crippen LogP contribution in [0.15, 0.2) is 48.5 Å². The van der Waals surface area contributed by atoms with Gasteiger partial charge in [-0.3, -0.25) is 24.1 Å². The lowest BCUT2D eigenvalue weighted by Gasteiger charge is -2.18. The molecular weight excluding hydrogens is 382 g/mol. The first-order valence-corrected chi connectivity index (χ1v) is 8.99. The number of likely N-dealkylation sites (N-methyl/N-ethyl adjacent to an activating group) is 1. The smallest absolute Gasteiger partial charge is 0.254 e. The van der Waals surface area contributed by atoms with Crippen molar-refractivity contribution in [2.24, 2.45) is 0 Å². The van der Waals surface area contributed by atoms with Gasteiger partial charge in [0.25, 0.3) is 5.91 Å². The molecule has 1 heterocycles. The molecule has 2 aromatic rings. The SMILES string of the molecule is CN(CC(=O)Nc1ccc(Cl)cc1)C(=O)c1ccc(N2C(=O)CCC2=O)cc1. The number of rotatable bonds is 5. The lowest BCUT2D eigenvalue weighted by Crippen LogP contribution is -2.35.